The van der Waals surface area contributed by atoms with E-state index in [-0.39, 0.29) is 16.1 Å². The minimum Gasteiger partial charge on any atom is -0.497 e. The number of rotatable bonds is 6. The molecule has 0 radical (unpaired) electrons. The lowest BCUT2D eigenvalue weighted by molar-refractivity contribution is -0.921. The molecule has 27 heavy (non-hydrogen) atoms. The van der Waals surface area contributed by atoms with Gasteiger partial charge >= 0.3 is 5.97 Å². The number of carbonyl (C=O) groups is 1. The summed E-state index contributed by atoms with van der Waals surface area (Å²) in [5.74, 6) is 2.33. The standard InChI is InChI=1S/C17H21N3O5S2/c1-22-11-4-5-12(13(8-11)23-2)15-18-20(17(26)25-15)10-19-6-7-27-14(9-19)16(21)24-3/h4-5,8,14H,6-7,9-10H2,1-3H3/p+1/t14-/m1/s1. The van der Waals surface area contributed by atoms with Crippen molar-refractivity contribution < 1.29 is 28.3 Å². The van der Waals surface area contributed by atoms with Crippen LogP contribution in [0.3, 0.4) is 0 Å². The van der Waals surface area contributed by atoms with Gasteiger partial charge < -0.3 is 23.5 Å². The van der Waals surface area contributed by atoms with Crippen LogP contribution in [0.1, 0.15) is 0 Å². The lowest BCUT2D eigenvalue weighted by Gasteiger charge is -2.27. The summed E-state index contributed by atoms with van der Waals surface area (Å²) in [5.41, 5.74) is 0.694. The molecule has 3 rings (SSSR count). The number of aromatic nitrogens is 2. The van der Waals surface area contributed by atoms with Crippen LogP contribution in [-0.2, 0) is 16.2 Å². The van der Waals surface area contributed by atoms with E-state index in [0.717, 1.165) is 12.3 Å². The summed E-state index contributed by atoms with van der Waals surface area (Å²) < 4.78 is 22.8. The lowest BCUT2D eigenvalue weighted by Crippen LogP contribution is -3.14. The molecule has 2 atom stereocenters. The number of carbonyl (C=O) groups excluding carboxylic acids is 1. The summed E-state index contributed by atoms with van der Waals surface area (Å²) in [7, 11) is 4.59. The first-order chi connectivity index (χ1) is 13.0. The van der Waals surface area contributed by atoms with Crippen LogP contribution in [0.5, 0.6) is 11.5 Å². The molecule has 1 aromatic carbocycles. The summed E-state index contributed by atoms with van der Waals surface area (Å²) in [4.78, 5) is 13.3. The van der Waals surface area contributed by atoms with Crippen molar-refractivity contribution in [1.82, 2.24) is 9.78 Å². The summed E-state index contributed by atoms with van der Waals surface area (Å²) in [5, 5.41) is 4.34. The number of thioether (sulfide) groups is 1. The van der Waals surface area contributed by atoms with Gasteiger partial charge in [-0.1, -0.05) is 0 Å². The minimum atomic E-state index is -0.190. The van der Waals surface area contributed by atoms with Gasteiger partial charge in [0.15, 0.2) is 11.9 Å². The first kappa shape index (κ1) is 19.7. The van der Waals surface area contributed by atoms with Crippen molar-refractivity contribution in [1.29, 1.82) is 0 Å². The molecule has 1 aliphatic rings. The van der Waals surface area contributed by atoms with Crippen LogP contribution in [0, 0.1) is 4.84 Å². The van der Waals surface area contributed by atoms with Gasteiger partial charge in [0, 0.05) is 11.8 Å². The third kappa shape index (κ3) is 4.45. The molecular weight excluding hydrogens is 390 g/mol. The Balaban J connectivity index is 1.79. The molecule has 0 aliphatic carbocycles. The molecular formula is C17H22N3O5S2+. The van der Waals surface area contributed by atoms with Crippen LogP contribution < -0.4 is 14.4 Å². The molecule has 10 heteroatoms. The number of quaternary nitrogens is 1. The SMILES string of the molecule is COC(=O)[C@H]1C[NH+](Cn2nc(-c3ccc(OC)cc3OC)oc2=S)CCS1. The third-order valence-corrected chi connectivity index (χ3v) is 5.83. The minimum absolute atomic E-state index is 0.166. The Morgan fingerprint density at radius 2 is 2.22 bits per heavy atom. The largest absolute Gasteiger partial charge is 0.497 e. The number of hydrogen-bond donors (Lipinski definition) is 1. The number of benzene rings is 1. The average Bonchev–Trinajstić information content (AvgIpc) is 3.07. The summed E-state index contributed by atoms with van der Waals surface area (Å²) in [6, 6.07) is 5.39. The first-order valence-corrected chi connectivity index (χ1v) is 9.84. The molecule has 0 spiro atoms. The summed E-state index contributed by atoms with van der Waals surface area (Å²) in [6.45, 7) is 2.09. The molecule has 1 saturated heterocycles. The maximum atomic E-state index is 11.8. The van der Waals surface area contributed by atoms with Crippen LogP contribution in [0.2, 0.25) is 0 Å². The van der Waals surface area contributed by atoms with E-state index >= 15 is 0 Å². The number of ether oxygens (including phenoxy) is 3. The Morgan fingerprint density at radius 3 is 2.93 bits per heavy atom. The van der Waals surface area contributed by atoms with E-state index in [2.05, 4.69) is 5.10 Å². The highest BCUT2D eigenvalue weighted by Crippen LogP contribution is 2.32. The maximum Gasteiger partial charge on any atom is 0.324 e. The fraction of sp³-hybridized carbons (Fsp3) is 0.471. The van der Waals surface area contributed by atoms with Gasteiger partial charge in [-0.05, 0) is 24.4 Å². The summed E-state index contributed by atoms with van der Waals surface area (Å²) >= 11 is 6.95. The highest BCUT2D eigenvalue weighted by atomic mass is 32.2. The molecule has 146 valence electrons. The Hall–Kier alpha value is -2.04. The molecule has 0 amide bonds. The molecule has 2 heterocycles. The van der Waals surface area contributed by atoms with E-state index in [0.29, 0.717) is 36.2 Å². The number of methoxy groups -OCH3 is 3. The van der Waals surface area contributed by atoms with Crippen LogP contribution >= 0.6 is 24.0 Å². The van der Waals surface area contributed by atoms with Gasteiger partial charge in [-0.3, -0.25) is 4.79 Å². The molecule has 2 aromatic rings. The molecule has 8 nitrogen and oxygen atoms in total. The molecule has 0 bridgehead atoms. The van der Waals surface area contributed by atoms with Crippen LogP contribution in [0.4, 0.5) is 0 Å². The average molecular weight is 413 g/mol. The van der Waals surface area contributed by atoms with E-state index in [1.165, 1.54) is 12.0 Å². The predicted molar refractivity (Wildman–Crippen MR) is 103 cm³/mol. The van der Waals surface area contributed by atoms with Crippen molar-refractivity contribution >= 4 is 29.9 Å². The molecule has 1 fully saturated rings. The van der Waals surface area contributed by atoms with E-state index in [9.17, 15) is 4.79 Å². The van der Waals surface area contributed by atoms with Crippen molar-refractivity contribution in [3.8, 4) is 23.0 Å². The van der Waals surface area contributed by atoms with Crippen molar-refractivity contribution in [3.63, 3.8) is 0 Å². The van der Waals surface area contributed by atoms with Crippen molar-refractivity contribution in [2.75, 3.05) is 40.2 Å². The van der Waals surface area contributed by atoms with Gasteiger partial charge in [-0.15, -0.1) is 16.9 Å². The highest BCUT2D eigenvalue weighted by Gasteiger charge is 2.30. The highest BCUT2D eigenvalue weighted by molar-refractivity contribution is 8.00. The molecule has 1 N–H and O–H groups in total. The third-order valence-electron chi connectivity index (χ3n) is 4.33. The molecule has 1 unspecified atom stereocenters. The Kier molecular flexibility index (Phi) is 6.40. The smallest absolute Gasteiger partial charge is 0.324 e. The van der Waals surface area contributed by atoms with Gasteiger partial charge in [-0.2, -0.15) is 4.68 Å². The van der Waals surface area contributed by atoms with E-state index in [4.69, 9.17) is 30.8 Å². The molecule has 1 aliphatic heterocycles. The number of hydrogen-bond acceptors (Lipinski definition) is 8. The van der Waals surface area contributed by atoms with Crippen LogP contribution in [-0.4, -0.2) is 61.2 Å². The zero-order valence-electron chi connectivity index (χ0n) is 15.4. The Morgan fingerprint density at radius 1 is 1.41 bits per heavy atom. The number of esters is 1. The second-order valence-electron chi connectivity index (χ2n) is 5.98. The topological polar surface area (TPSA) is 80.2 Å². The summed E-state index contributed by atoms with van der Waals surface area (Å²) in [6.07, 6.45) is 0. The van der Waals surface area contributed by atoms with Crippen LogP contribution in [0.15, 0.2) is 22.6 Å². The van der Waals surface area contributed by atoms with E-state index < -0.39 is 0 Å². The number of nitrogens with one attached hydrogen (secondary N) is 1. The lowest BCUT2D eigenvalue weighted by atomic mass is 10.2. The zero-order valence-corrected chi connectivity index (χ0v) is 17.0. The number of nitrogens with zero attached hydrogens (tertiary/aromatic N) is 2. The second-order valence-corrected chi connectivity index (χ2v) is 7.64. The Bertz CT molecular complexity index is 866. The van der Waals surface area contributed by atoms with Gasteiger partial charge in [0.1, 0.15) is 18.0 Å². The van der Waals surface area contributed by atoms with Gasteiger partial charge in [0.2, 0.25) is 0 Å². The Labute approximate surface area is 166 Å². The predicted octanol–water partition coefficient (Wildman–Crippen LogP) is 1.02. The molecule has 1 aromatic heterocycles. The van der Waals surface area contributed by atoms with E-state index in [1.807, 2.05) is 12.1 Å². The van der Waals surface area contributed by atoms with E-state index in [1.54, 1.807) is 36.7 Å². The fourth-order valence-corrected chi connectivity index (χ4v) is 4.36. The van der Waals surface area contributed by atoms with Crippen LogP contribution in [0.25, 0.3) is 11.5 Å². The second kappa shape index (κ2) is 8.77. The quantitative estimate of drug-likeness (QED) is 0.557. The van der Waals surface area contributed by atoms with Crippen molar-refractivity contribution in [3.05, 3.63) is 23.0 Å². The van der Waals surface area contributed by atoms with Gasteiger partial charge in [0.05, 0.1) is 33.4 Å². The fourth-order valence-electron chi connectivity index (χ4n) is 2.90. The monoisotopic (exact) mass is 412 g/mol. The normalized spacial score (nSPS) is 19.5. The van der Waals surface area contributed by atoms with Gasteiger partial charge in [-0.25, -0.2) is 0 Å². The first-order valence-electron chi connectivity index (χ1n) is 8.39. The van der Waals surface area contributed by atoms with Crippen molar-refractivity contribution in [2.45, 2.75) is 11.9 Å². The molecule has 0 saturated carbocycles. The maximum absolute atomic E-state index is 11.8. The zero-order chi connectivity index (χ0) is 19.4. The van der Waals surface area contributed by atoms with Crippen molar-refractivity contribution in [2.24, 2.45) is 0 Å². The van der Waals surface area contributed by atoms with Gasteiger partial charge in [0.25, 0.3) is 10.7 Å².